The predicted molar refractivity (Wildman–Crippen MR) is 95.2 cm³/mol. The highest BCUT2D eigenvalue weighted by Crippen LogP contribution is 2.24. The molecule has 0 spiro atoms. The highest BCUT2D eigenvalue weighted by atomic mass is 16.5. The standard InChI is InChI=1S/C20H21NO3/c1-2-24-20(22)15-18(17-11-13-19(21-23)14-12-17)10-6-9-16-7-4-3-5-8-16/h3-8,10-14,18H,2,9,15H2,1H3/b10-6+/t18-/m0/s1. The third kappa shape index (κ3) is 5.47. The number of allylic oxidation sites excluding steroid dienone is 2. The number of nitroso groups, excluding NO2 is 1. The molecule has 4 nitrogen and oxygen atoms in total. The van der Waals surface area contributed by atoms with E-state index < -0.39 is 0 Å². The number of nitrogens with zero attached hydrogens (tertiary/aromatic N) is 1. The Hall–Kier alpha value is -2.75. The average molecular weight is 323 g/mol. The molecular weight excluding hydrogens is 302 g/mol. The van der Waals surface area contributed by atoms with Crippen LogP contribution in [0.3, 0.4) is 0 Å². The fraction of sp³-hybridized carbons (Fsp3) is 0.250. The number of hydrogen-bond donors (Lipinski definition) is 0. The van der Waals surface area contributed by atoms with E-state index in [0.29, 0.717) is 12.3 Å². The minimum Gasteiger partial charge on any atom is -0.466 e. The first kappa shape index (κ1) is 17.6. The summed E-state index contributed by atoms with van der Waals surface area (Å²) in [6, 6.07) is 17.1. The van der Waals surface area contributed by atoms with Gasteiger partial charge in [0.1, 0.15) is 5.69 Å². The zero-order chi connectivity index (χ0) is 17.2. The lowest BCUT2D eigenvalue weighted by molar-refractivity contribution is -0.143. The summed E-state index contributed by atoms with van der Waals surface area (Å²) in [6.45, 7) is 2.16. The molecule has 0 bridgehead atoms. The fourth-order valence-corrected chi connectivity index (χ4v) is 2.46. The van der Waals surface area contributed by atoms with Crippen molar-refractivity contribution in [1.82, 2.24) is 0 Å². The molecule has 0 aliphatic rings. The average Bonchev–Trinajstić information content (AvgIpc) is 2.62. The number of benzene rings is 2. The number of esters is 1. The van der Waals surface area contributed by atoms with Crippen molar-refractivity contribution in [2.45, 2.75) is 25.7 Å². The monoisotopic (exact) mass is 323 g/mol. The zero-order valence-corrected chi connectivity index (χ0v) is 13.7. The zero-order valence-electron chi connectivity index (χ0n) is 13.7. The minimum absolute atomic E-state index is 0.0894. The maximum Gasteiger partial charge on any atom is 0.306 e. The smallest absolute Gasteiger partial charge is 0.306 e. The number of rotatable bonds is 8. The van der Waals surface area contributed by atoms with Gasteiger partial charge in [-0.1, -0.05) is 54.6 Å². The molecule has 0 amide bonds. The van der Waals surface area contributed by atoms with Crippen LogP contribution in [0.1, 0.15) is 30.4 Å². The highest BCUT2D eigenvalue weighted by molar-refractivity contribution is 5.71. The second-order valence-electron chi connectivity index (χ2n) is 5.42. The summed E-state index contributed by atoms with van der Waals surface area (Å²) in [4.78, 5) is 22.4. The second kappa shape index (κ2) is 9.40. The van der Waals surface area contributed by atoms with E-state index in [1.807, 2.05) is 36.4 Å². The summed E-state index contributed by atoms with van der Waals surface area (Å²) in [5.41, 5.74) is 2.55. The molecule has 0 radical (unpaired) electrons. The molecule has 0 unspecified atom stereocenters. The molecule has 1 atom stereocenters. The van der Waals surface area contributed by atoms with Crippen molar-refractivity contribution in [2.24, 2.45) is 5.18 Å². The summed E-state index contributed by atoms with van der Waals surface area (Å²) in [7, 11) is 0. The Bertz CT molecular complexity index is 678. The number of hydrogen-bond acceptors (Lipinski definition) is 4. The van der Waals surface area contributed by atoms with Gasteiger partial charge in [-0.25, -0.2) is 0 Å². The SMILES string of the molecule is CCOC(=O)C[C@H](/C=C/Cc1ccccc1)c1ccc(N=O)cc1. The first-order chi connectivity index (χ1) is 11.7. The van der Waals surface area contributed by atoms with Gasteiger partial charge in [0, 0.05) is 5.92 Å². The first-order valence-electron chi connectivity index (χ1n) is 8.02. The van der Waals surface area contributed by atoms with Gasteiger partial charge in [-0.3, -0.25) is 4.79 Å². The molecule has 0 aromatic heterocycles. The van der Waals surface area contributed by atoms with Gasteiger partial charge in [-0.05, 0) is 41.8 Å². The molecule has 24 heavy (non-hydrogen) atoms. The number of ether oxygens (including phenoxy) is 1. The topological polar surface area (TPSA) is 55.7 Å². The molecule has 0 aliphatic heterocycles. The lowest BCUT2D eigenvalue weighted by Gasteiger charge is -2.13. The van der Waals surface area contributed by atoms with Gasteiger partial charge in [-0.2, -0.15) is 0 Å². The van der Waals surface area contributed by atoms with E-state index in [1.54, 1.807) is 19.1 Å². The van der Waals surface area contributed by atoms with Crippen LogP contribution in [0.5, 0.6) is 0 Å². The Morgan fingerprint density at radius 1 is 1.12 bits per heavy atom. The quantitative estimate of drug-likeness (QED) is 0.393. The van der Waals surface area contributed by atoms with Gasteiger partial charge in [0.2, 0.25) is 0 Å². The highest BCUT2D eigenvalue weighted by Gasteiger charge is 2.14. The van der Waals surface area contributed by atoms with Crippen LogP contribution in [0, 0.1) is 4.91 Å². The van der Waals surface area contributed by atoms with Crippen molar-refractivity contribution in [3.63, 3.8) is 0 Å². The van der Waals surface area contributed by atoms with Gasteiger partial charge >= 0.3 is 5.97 Å². The minimum atomic E-state index is -0.232. The number of carbonyl (C=O) groups excluding carboxylic acids is 1. The Morgan fingerprint density at radius 3 is 2.46 bits per heavy atom. The molecule has 0 fully saturated rings. The van der Waals surface area contributed by atoms with Crippen LogP contribution in [0.15, 0.2) is 71.9 Å². The third-order valence-electron chi connectivity index (χ3n) is 3.68. The van der Waals surface area contributed by atoms with Crippen LogP contribution in [0.2, 0.25) is 0 Å². The predicted octanol–water partition coefficient (Wildman–Crippen LogP) is 4.92. The van der Waals surface area contributed by atoms with Crippen molar-refractivity contribution < 1.29 is 9.53 Å². The normalized spacial score (nSPS) is 12.0. The van der Waals surface area contributed by atoms with Gasteiger partial charge < -0.3 is 4.74 Å². The number of carbonyl (C=O) groups is 1. The third-order valence-corrected chi connectivity index (χ3v) is 3.68. The van der Waals surface area contributed by atoms with Crippen LogP contribution in [-0.4, -0.2) is 12.6 Å². The van der Waals surface area contributed by atoms with Crippen LogP contribution < -0.4 is 0 Å². The summed E-state index contributed by atoms with van der Waals surface area (Å²) < 4.78 is 5.06. The lowest BCUT2D eigenvalue weighted by Crippen LogP contribution is -2.09. The molecule has 0 heterocycles. The van der Waals surface area contributed by atoms with Gasteiger partial charge in [0.15, 0.2) is 0 Å². The van der Waals surface area contributed by atoms with Crippen LogP contribution in [0.4, 0.5) is 5.69 Å². The molecule has 0 aliphatic carbocycles. The summed E-state index contributed by atoms with van der Waals surface area (Å²) in [5, 5.41) is 2.90. The van der Waals surface area contributed by atoms with E-state index in [9.17, 15) is 9.70 Å². The Labute approximate surface area is 142 Å². The maximum absolute atomic E-state index is 11.9. The van der Waals surface area contributed by atoms with Crippen LogP contribution >= 0.6 is 0 Å². The fourth-order valence-electron chi connectivity index (χ4n) is 2.46. The van der Waals surface area contributed by atoms with Crippen LogP contribution in [-0.2, 0) is 16.0 Å². The van der Waals surface area contributed by atoms with Crippen molar-refractivity contribution >= 4 is 11.7 Å². The summed E-state index contributed by atoms with van der Waals surface area (Å²) >= 11 is 0. The second-order valence-corrected chi connectivity index (χ2v) is 5.42. The molecule has 0 saturated carbocycles. The van der Waals surface area contributed by atoms with Gasteiger partial charge in [0.05, 0.1) is 13.0 Å². The maximum atomic E-state index is 11.9. The van der Waals surface area contributed by atoms with E-state index >= 15 is 0 Å². The lowest BCUT2D eigenvalue weighted by atomic mass is 9.94. The van der Waals surface area contributed by atoms with Crippen molar-refractivity contribution in [3.05, 3.63) is 82.8 Å². The first-order valence-corrected chi connectivity index (χ1v) is 8.02. The van der Waals surface area contributed by atoms with Crippen molar-refractivity contribution in [3.8, 4) is 0 Å². The van der Waals surface area contributed by atoms with E-state index in [1.165, 1.54) is 5.56 Å². The largest absolute Gasteiger partial charge is 0.466 e. The molecule has 2 aromatic carbocycles. The van der Waals surface area contributed by atoms with Crippen molar-refractivity contribution in [2.75, 3.05) is 6.61 Å². The molecule has 2 rings (SSSR count). The molecular formula is C20H21NO3. The van der Waals surface area contributed by atoms with Crippen LogP contribution in [0.25, 0.3) is 0 Å². The molecule has 0 N–H and O–H groups in total. The van der Waals surface area contributed by atoms with E-state index in [2.05, 4.69) is 23.4 Å². The Balaban J connectivity index is 2.11. The van der Waals surface area contributed by atoms with Gasteiger partial charge in [0.25, 0.3) is 0 Å². The van der Waals surface area contributed by atoms with Gasteiger partial charge in [-0.15, -0.1) is 4.91 Å². The molecule has 124 valence electrons. The molecule has 0 saturated heterocycles. The van der Waals surface area contributed by atoms with Crippen molar-refractivity contribution in [1.29, 1.82) is 0 Å². The molecule has 4 heteroatoms. The summed E-state index contributed by atoms with van der Waals surface area (Å²) in [6.07, 6.45) is 5.15. The Kier molecular flexibility index (Phi) is 6.90. The van der Waals surface area contributed by atoms with E-state index in [-0.39, 0.29) is 18.3 Å². The Morgan fingerprint density at radius 2 is 1.83 bits per heavy atom. The summed E-state index contributed by atoms with van der Waals surface area (Å²) in [5.74, 6) is -0.321. The van der Waals surface area contributed by atoms with E-state index in [4.69, 9.17) is 4.74 Å². The van der Waals surface area contributed by atoms with E-state index in [0.717, 1.165) is 12.0 Å². The molecule has 2 aromatic rings.